The molecule has 7 atom stereocenters. The van der Waals surface area contributed by atoms with Gasteiger partial charge in [-0.2, -0.15) is 0 Å². The van der Waals surface area contributed by atoms with E-state index in [4.69, 9.17) is 11.5 Å². The van der Waals surface area contributed by atoms with E-state index in [1.54, 1.807) is 0 Å². The van der Waals surface area contributed by atoms with Crippen molar-refractivity contribution in [2.75, 3.05) is 13.1 Å². The van der Waals surface area contributed by atoms with Crippen LogP contribution in [0.25, 0.3) is 0 Å². The number of carbonyl (C=O) groups is 9. The molecule has 0 radical (unpaired) electrons. The monoisotopic (exact) mass is 628 g/mol. The summed E-state index contributed by atoms with van der Waals surface area (Å²) in [6.07, 6.45) is 0. The summed E-state index contributed by atoms with van der Waals surface area (Å²) < 4.78 is 0. The Labute approximate surface area is 254 Å². The first-order valence-electron chi connectivity index (χ1n) is 13.7. The van der Waals surface area contributed by atoms with Gasteiger partial charge in [-0.05, 0) is 48.5 Å². The Morgan fingerprint density at radius 1 is 0.432 bits per heavy atom. The Hall–Kier alpha value is -4.81. The first kappa shape index (κ1) is 39.2. The zero-order valence-electron chi connectivity index (χ0n) is 25.8. The first-order valence-corrected chi connectivity index (χ1v) is 13.7. The molecule has 9 amide bonds. The molecule has 0 bridgehead atoms. The topological polar surface area (TPSA) is 302 Å². The number of amides is 9. The predicted molar refractivity (Wildman–Crippen MR) is 154 cm³/mol. The van der Waals surface area contributed by atoms with Crippen LogP contribution in [0.5, 0.6) is 0 Å². The predicted octanol–water partition coefficient (Wildman–Crippen LogP) is -5.92. The minimum atomic E-state index is -1.13. The second-order valence-corrected chi connectivity index (χ2v) is 10.1. The fraction of sp³-hybridized carbons (Fsp3) is 0.640. The normalized spacial score (nSPS) is 15.3. The molecule has 0 unspecified atom stereocenters. The van der Waals surface area contributed by atoms with Crippen LogP contribution in [0.4, 0.5) is 0 Å². The summed E-state index contributed by atoms with van der Waals surface area (Å²) >= 11 is 0. The summed E-state index contributed by atoms with van der Waals surface area (Å²) in [7, 11) is 0. The fourth-order valence-corrected chi connectivity index (χ4v) is 2.98. The molecule has 19 nitrogen and oxygen atoms in total. The number of primary amides is 1. The Morgan fingerprint density at radius 2 is 0.705 bits per heavy atom. The quantitative estimate of drug-likeness (QED) is 0.0727. The minimum absolute atomic E-state index is 0.471. The van der Waals surface area contributed by atoms with Gasteiger partial charge in [0.05, 0.1) is 19.1 Å². The van der Waals surface area contributed by atoms with Crippen LogP contribution in [0.1, 0.15) is 48.5 Å². The van der Waals surface area contributed by atoms with Crippen molar-refractivity contribution in [1.29, 1.82) is 0 Å². The van der Waals surface area contributed by atoms with Gasteiger partial charge in [0.25, 0.3) is 0 Å². The molecule has 19 heteroatoms. The highest BCUT2D eigenvalue weighted by molar-refractivity contribution is 5.96. The van der Waals surface area contributed by atoms with Crippen molar-refractivity contribution in [2.45, 2.75) is 90.8 Å². The van der Waals surface area contributed by atoms with Gasteiger partial charge in [0.1, 0.15) is 36.3 Å². The number of nitrogens with two attached hydrogens (primary N) is 2. The standard InChI is InChI=1S/C25H44N10O9/c1-10(26)20(39)32-12(3)21(40)29-9-18(37)31-14(5)23(42)34-16(7)25(44)35-15(6)24(43)33-13(4)22(41)28-8-17(36)30-11(2)19(27)38/h10-16H,8-9,26H2,1-7H3,(H2,27,38)(H,28,41)(H,29,40)(H,30,36)(H,31,37)(H,32,39)(H,33,43)(H,34,42)(H,35,44)/t10-,11-,12-,13-,14-,15-,16-/m0/s1. The van der Waals surface area contributed by atoms with Gasteiger partial charge in [0.2, 0.25) is 53.2 Å². The van der Waals surface area contributed by atoms with Crippen LogP contribution < -0.4 is 54.0 Å². The highest BCUT2D eigenvalue weighted by atomic mass is 16.2. The molecule has 0 aromatic heterocycles. The van der Waals surface area contributed by atoms with Crippen LogP contribution in [-0.4, -0.2) is 109 Å². The lowest BCUT2D eigenvalue weighted by Crippen LogP contribution is -2.57. The van der Waals surface area contributed by atoms with Gasteiger partial charge in [-0.3, -0.25) is 43.2 Å². The molecular weight excluding hydrogens is 584 g/mol. The smallest absolute Gasteiger partial charge is 0.242 e. The molecule has 0 aliphatic heterocycles. The van der Waals surface area contributed by atoms with E-state index in [9.17, 15) is 43.2 Å². The van der Waals surface area contributed by atoms with E-state index < -0.39 is 109 Å². The average Bonchev–Trinajstić information content (AvgIpc) is 2.93. The molecule has 0 saturated heterocycles. The van der Waals surface area contributed by atoms with Crippen LogP contribution in [0.15, 0.2) is 0 Å². The van der Waals surface area contributed by atoms with Gasteiger partial charge in [0.15, 0.2) is 0 Å². The second kappa shape index (κ2) is 18.7. The van der Waals surface area contributed by atoms with Crippen LogP contribution in [0, 0.1) is 0 Å². The summed E-state index contributed by atoms with van der Waals surface area (Å²) in [5, 5.41) is 18.7. The van der Waals surface area contributed by atoms with Crippen molar-refractivity contribution in [2.24, 2.45) is 11.5 Å². The molecule has 0 saturated carbocycles. The number of hydrogen-bond donors (Lipinski definition) is 10. The molecule has 0 spiro atoms. The zero-order chi connectivity index (χ0) is 34.3. The lowest BCUT2D eigenvalue weighted by atomic mass is 10.2. The molecule has 0 aliphatic carbocycles. The van der Waals surface area contributed by atoms with E-state index in [1.165, 1.54) is 48.5 Å². The van der Waals surface area contributed by atoms with Gasteiger partial charge in [-0.1, -0.05) is 0 Å². The van der Waals surface area contributed by atoms with Crippen molar-refractivity contribution in [3.05, 3.63) is 0 Å². The van der Waals surface area contributed by atoms with Gasteiger partial charge in [-0.25, -0.2) is 0 Å². The number of hydrogen-bond acceptors (Lipinski definition) is 10. The van der Waals surface area contributed by atoms with Crippen LogP contribution in [0.3, 0.4) is 0 Å². The van der Waals surface area contributed by atoms with Crippen molar-refractivity contribution in [1.82, 2.24) is 42.5 Å². The third-order valence-electron chi connectivity index (χ3n) is 5.84. The molecular formula is C25H44N10O9. The van der Waals surface area contributed by atoms with Gasteiger partial charge >= 0.3 is 0 Å². The van der Waals surface area contributed by atoms with Gasteiger partial charge < -0.3 is 54.0 Å². The molecule has 0 rings (SSSR count). The fourth-order valence-electron chi connectivity index (χ4n) is 2.98. The highest BCUT2D eigenvalue weighted by Gasteiger charge is 2.26. The van der Waals surface area contributed by atoms with Crippen LogP contribution in [0.2, 0.25) is 0 Å². The molecule has 0 aromatic rings. The summed E-state index contributed by atoms with van der Waals surface area (Å²) in [6.45, 7) is 8.61. The Morgan fingerprint density at radius 3 is 1.02 bits per heavy atom. The van der Waals surface area contributed by atoms with Crippen molar-refractivity contribution < 1.29 is 43.2 Å². The minimum Gasteiger partial charge on any atom is -0.368 e. The van der Waals surface area contributed by atoms with Crippen molar-refractivity contribution in [3.8, 4) is 0 Å². The maximum Gasteiger partial charge on any atom is 0.242 e. The number of carbonyl (C=O) groups excluding carboxylic acids is 9. The van der Waals surface area contributed by atoms with Gasteiger partial charge in [-0.15, -0.1) is 0 Å². The molecule has 0 aromatic carbocycles. The lowest BCUT2D eigenvalue weighted by Gasteiger charge is -2.22. The van der Waals surface area contributed by atoms with Crippen LogP contribution >= 0.6 is 0 Å². The second-order valence-electron chi connectivity index (χ2n) is 10.1. The summed E-state index contributed by atoms with van der Waals surface area (Å²) in [6, 6.07) is -7.17. The molecule has 0 heterocycles. The van der Waals surface area contributed by atoms with Crippen molar-refractivity contribution in [3.63, 3.8) is 0 Å². The molecule has 44 heavy (non-hydrogen) atoms. The van der Waals surface area contributed by atoms with E-state index in [0.717, 1.165) is 0 Å². The largest absolute Gasteiger partial charge is 0.368 e. The summed E-state index contributed by atoms with van der Waals surface area (Å²) in [4.78, 5) is 108. The number of rotatable bonds is 17. The Balaban J connectivity index is 4.62. The third-order valence-corrected chi connectivity index (χ3v) is 5.84. The zero-order valence-corrected chi connectivity index (χ0v) is 25.8. The Kier molecular flexibility index (Phi) is 16.6. The molecule has 0 aliphatic rings. The van der Waals surface area contributed by atoms with E-state index in [1.807, 2.05) is 0 Å². The third kappa shape index (κ3) is 14.9. The highest BCUT2D eigenvalue weighted by Crippen LogP contribution is 1.93. The maximum absolute atomic E-state index is 12.5. The van der Waals surface area contributed by atoms with E-state index >= 15 is 0 Å². The molecule has 12 N–H and O–H groups in total. The molecule has 0 fully saturated rings. The SMILES string of the molecule is C[C@H](N)C(=O)N[C@@H](C)C(=O)NCC(=O)N[C@@H](C)C(=O)N[C@@H](C)C(=O)N[C@@H](C)C(=O)N[C@@H](C)C(=O)NCC(=O)N[C@@H](C)C(N)=O. The summed E-state index contributed by atoms with van der Waals surface area (Å²) in [5.41, 5.74) is 10.5. The Bertz CT molecular complexity index is 1110. The molecule has 248 valence electrons. The van der Waals surface area contributed by atoms with E-state index in [0.29, 0.717) is 0 Å². The summed E-state index contributed by atoms with van der Waals surface area (Å²) in [5.74, 6) is -6.27. The lowest BCUT2D eigenvalue weighted by molar-refractivity contribution is -0.134. The first-order chi connectivity index (χ1) is 20.3. The van der Waals surface area contributed by atoms with E-state index in [-0.39, 0.29) is 0 Å². The average molecular weight is 629 g/mol. The van der Waals surface area contributed by atoms with E-state index in [2.05, 4.69) is 42.5 Å². The maximum atomic E-state index is 12.5. The van der Waals surface area contributed by atoms with Crippen molar-refractivity contribution >= 4 is 53.2 Å². The van der Waals surface area contributed by atoms with Gasteiger partial charge in [0, 0.05) is 0 Å². The number of nitrogens with one attached hydrogen (secondary N) is 8. The van der Waals surface area contributed by atoms with Crippen LogP contribution in [-0.2, 0) is 43.2 Å².